The molecule has 0 bridgehead atoms. The van der Waals surface area contributed by atoms with E-state index in [1.54, 1.807) is 0 Å². The number of nitrogens with zero attached hydrogens (tertiary/aromatic N) is 2. The lowest BCUT2D eigenvalue weighted by atomic mass is 9.99. The van der Waals surface area contributed by atoms with Crippen LogP contribution in [0.4, 0.5) is 13.2 Å². The van der Waals surface area contributed by atoms with Crippen molar-refractivity contribution in [1.29, 1.82) is 0 Å². The van der Waals surface area contributed by atoms with E-state index >= 15 is 0 Å². The topological polar surface area (TPSA) is 57.1 Å². The summed E-state index contributed by atoms with van der Waals surface area (Å²) in [5.41, 5.74) is 0.492. The number of ether oxygens (including phenoxy) is 1. The molecule has 5 nitrogen and oxygen atoms in total. The fraction of sp³-hybridized carbons (Fsp3) is 0.611. The number of likely N-dealkylation sites (tertiary alicyclic amines) is 1. The van der Waals surface area contributed by atoms with Crippen molar-refractivity contribution in [3.05, 3.63) is 29.8 Å². The summed E-state index contributed by atoms with van der Waals surface area (Å²) < 4.78 is 40.4. The minimum Gasteiger partial charge on any atom is -0.406 e. The Kier molecular flexibility index (Phi) is 9.65. The van der Waals surface area contributed by atoms with Gasteiger partial charge in [-0.3, -0.25) is 4.99 Å². The van der Waals surface area contributed by atoms with Crippen molar-refractivity contribution in [1.82, 2.24) is 10.2 Å². The lowest BCUT2D eigenvalue weighted by Gasteiger charge is -2.33. The van der Waals surface area contributed by atoms with Crippen molar-refractivity contribution in [2.75, 3.05) is 26.2 Å². The number of alkyl halides is 3. The van der Waals surface area contributed by atoms with Gasteiger partial charge in [-0.05, 0) is 43.4 Å². The number of halogens is 4. The van der Waals surface area contributed by atoms with E-state index in [0.717, 1.165) is 38.4 Å². The number of rotatable bonds is 5. The van der Waals surface area contributed by atoms with Gasteiger partial charge in [-0.2, -0.15) is 0 Å². The molecule has 1 unspecified atom stereocenters. The first kappa shape index (κ1) is 23.8. The predicted molar refractivity (Wildman–Crippen MR) is 109 cm³/mol. The molecule has 0 amide bonds. The van der Waals surface area contributed by atoms with Crippen molar-refractivity contribution >= 4 is 29.9 Å². The fourth-order valence-corrected chi connectivity index (χ4v) is 2.82. The summed E-state index contributed by atoms with van der Waals surface area (Å²) in [5.74, 6) is 1.15. The van der Waals surface area contributed by atoms with Gasteiger partial charge < -0.3 is 20.1 Å². The third-order valence-electron chi connectivity index (χ3n) is 4.33. The summed E-state index contributed by atoms with van der Waals surface area (Å²) in [6.07, 6.45) is -3.41. The molecule has 1 heterocycles. The summed E-state index contributed by atoms with van der Waals surface area (Å²) in [4.78, 5) is 6.67. The molecule has 1 saturated heterocycles. The molecule has 0 aromatic heterocycles. The lowest BCUT2D eigenvalue weighted by molar-refractivity contribution is -0.274. The highest BCUT2D eigenvalue weighted by Crippen LogP contribution is 2.24. The van der Waals surface area contributed by atoms with E-state index in [2.05, 4.69) is 26.9 Å². The minimum absolute atomic E-state index is 0. The molecule has 1 atom stereocenters. The van der Waals surface area contributed by atoms with Gasteiger partial charge in [-0.25, -0.2) is 0 Å². The molecule has 1 aliphatic rings. The van der Waals surface area contributed by atoms with E-state index in [1.165, 1.54) is 24.3 Å². The van der Waals surface area contributed by atoms with Crippen LogP contribution in [0.25, 0.3) is 0 Å². The molecular formula is C18H27F3IN3O2. The monoisotopic (exact) mass is 501 g/mol. The Bertz CT molecular complexity index is 589. The summed E-state index contributed by atoms with van der Waals surface area (Å²) in [6.45, 7) is 6.92. The number of guanidine groups is 1. The summed E-state index contributed by atoms with van der Waals surface area (Å²) in [5, 5.41) is 13.5. The molecule has 154 valence electrons. The standard InChI is InChI=1S/C18H26F3N3O2.HI/c1-3-22-17(24-10-8-13(2)9-11-24)23-12-16(25)14-4-6-15(7-5-14)26-18(19,20)21;/h4-7,13,16,25H,3,8-12H2,1-2H3,(H,22,23);1H. The zero-order valence-electron chi connectivity index (χ0n) is 15.5. The molecule has 0 spiro atoms. The molecule has 0 saturated carbocycles. The first-order valence-corrected chi connectivity index (χ1v) is 8.85. The van der Waals surface area contributed by atoms with Gasteiger partial charge >= 0.3 is 6.36 Å². The van der Waals surface area contributed by atoms with Crippen LogP contribution in [-0.4, -0.2) is 48.5 Å². The van der Waals surface area contributed by atoms with E-state index < -0.39 is 12.5 Å². The maximum absolute atomic E-state index is 12.2. The summed E-state index contributed by atoms with van der Waals surface area (Å²) in [7, 11) is 0. The maximum atomic E-state index is 12.2. The SMILES string of the molecule is CCNC(=NCC(O)c1ccc(OC(F)(F)F)cc1)N1CCC(C)CC1.I. The zero-order chi connectivity index (χ0) is 19.2. The molecule has 0 radical (unpaired) electrons. The first-order valence-electron chi connectivity index (χ1n) is 8.85. The second-order valence-electron chi connectivity index (χ2n) is 6.50. The summed E-state index contributed by atoms with van der Waals surface area (Å²) in [6, 6.07) is 5.20. The number of hydrogen-bond acceptors (Lipinski definition) is 3. The highest BCUT2D eigenvalue weighted by Gasteiger charge is 2.31. The molecule has 2 N–H and O–H groups in total. The molecule has 9 heteroatoms. The van der Waals surface area contributed by atoms with Crippen LogP contribution in [0.3, 0.4) is 0 Å². The number of aliphatic hydroxyl groups excluding tert-OH is 1. The molecule has 1 aromatic rings. The van der Waals surface area contributed by atoms with Gasteiger partial charge in [0.25, 0.3) is 0 Å². The third kappa shape index (κ3) is 8.12. The Morgan fingerprint density at radius 2 is 1.89 bits per heavy atom. The van der Waals surface area contributed by atoms with E-state index in [4.69, 9.17) is 0 Å². The van der Waals surface area contributed by atoms with Crippen molar-refractivity contribution in [3.8, 4) is 5.75 Å². The molecule has 27 heavy (non-hydrogen) atoms. The van der Waals surface area contributed by atoms with Crippen LogP contribution in [0, 0.1) is 5.92 Å². The van der Waals surface area contributed by atoms with Gasteiger partial charge in [0.1, 0.15) is 5.75 Å². The number of hydrogen-bond donors (Lipinski definition) is 2. The van der Waals surface area contributed by atoms with Gasteiger partial charge in [0.15, 0.2) is 5.96 Å². The lowest BCUT2D eigenvalue weighted by Crippen LogP contribution is -2.45. The van der Waals surface area contributed by atoms with Crippen LogP contribution in [-0.2, 0) is 0 Å². The zero-order valence-corrected chi connectivity index (χ0v) is 17.8. The van der Waals surface area contributed by atoms with Crippen LogP contribution in [0.2, 0.25) is 0 Å². The molecule has 2 rings (SSSR count). The van der Waals surface area contributed by atoms with Crippen LogP contribution >= 0.6 is 24.0 Å². The number of benzene rings is 1. The van der Waals surface area contributed by atoms with E-state index in [9.17, 15) is 18.3 Å². The number of aliphatic hydroxyl groups is 1. The normalized spacial score (nSPS) is 17.3. The quantitative estimate of drug-likeness (QED) is 0.365. The van der Waals surface area contributed by atoms with Gasteiger partial charge in [0, 0.05) is 19.6 Å². The predicted octanol–water partition coefficient (Wildman–Crippen LogP) is 3.93. The highest BCUT2D eigenvalue weighted by molar-refractivity contribution is 14.0. The largest absolute Gasteiger partial charge is 0.573 e. The Balaban J connectivity index is 0.00000364. The maximum Gasteiger partial charge on any atom is 0.573 e. The van der Waals surface area contributed by atoms with Crippen molar-refractivity contribution < 1.29 is 23.0 Å². The Morgan fingerprint density at radius 1 is 1.30 bits per heavy atom. The van der Waals surface area contributed by atoms with Gasteiger partial charge in [0.05, 0.1) is 12.6 Å². The first-order chi connectivity index (χ1) is 12.3. The van der Waals surface area contributed by atoms with Gasteiger partial charge in [0.2, 0.25) is 0 Å². The number of aliphatic imine (C=N–C) groups is 1. The molecule has 1 aliphatic heterocycles. The molecule has 1 aromatic carbocycles. The second-order valence-corrected chi connectivity index (χ2v) is 6.50. The fourth-order valence-electron chi connectivity index (χ4n) is 2.82. The Labute approximate surface area is 175 Å². The Hall–Kier alpha value is -1.23. The summed E-state index contributed by atoms with van der Waals surface area (Å²) >= 11 is 0. The van der Waals surface area contributed by atoms with Crippen molar-refractivity contribution in [2.45, 2.75) is 39.2 Å². The number of piperidine rings is 1. The van der Waals surface area contributed by atoms with Crippen LogP contribution in [0.1, 0.15) is 38.4 Å². The van der Waals surface area contributed by atoms with Crippen molar-refractivity contribution in [3.63, 3.8) is 0 Å². The average Bonchev–Trinajstić information content (AvgIpc) is 2.58. The van der Waals surface area contributed by atoms with Crippen molar-refractivity contribution in [2.24, 2.45) is 10.9 Å². The van der Waals surface area contributed by atoms with E-state index in [1.807, 2.05) is 6.92 Å². The van der Waals surface area contributed by atoms with Crippen LogP contribution in [0.15, 0.2) is 29.3 Å². The number of nitrogens with one attached hydrogen (secondary N) is 1. The smallest absolute Gasteiger partial charge is 0.406 e. The Morgan fingerprint density at radius 3 is 2.41 bits per heavy atom. The molecular weight excluding hydrogens is 474 g/mol. The average molecular weight is 501 g/mol. The van der Waals surface area contributed by atoms with Crippen LogP contribution < -0.4 is 10.1 Å². The molecule has 0 aliphatic carbocycles. The van der Waals surface area contributed by atoms with E-state index in [0.29, 0.717) is 11.5 Å². The highest BCUT2D eigenvalue weighted by atomic mass is 127. The van der Waals surface area contributed by atoms with Crippen LogP contribution in [0.5, 0.6) is 5.75 Å². The molecule has 1 fully saturated rings. The minimum atomic E-state index is -4.73. The second kappa shape index (κ2) is 10.9. The third-order valence-corrected chi connectivity index (χ3v) is 4.33. The van der Waals surface area contributed by atoms with E-state index in [-0.39, 0.29) is 36.3 Å². The van der Waals surface area contributed by atoms with Gasteiger partial charge in [-0.1, -0.05) is 19.1 Å². The van der Waals surface area contributed by atoms with Gasteiger partial charge in [-0.15, -0.1) is 37.1 Å².